The molecule has 2 nitrogen and oxygen atoms in total. The van der Waals surface area contributed by atoms with Gasteiger partial charge in [0, 0.05) is 12.4 Å². The first-order valence-electron chi connectivity index (χ1n) is 6.57. The molecule has 1 fully saturated rings. The summed E-state index contributed by atoms with van der Waals surface area (Å²) in [5, 5.41) is 9.94. The number of hydrogen-bond donors (Lipinski definition) is 1. The maximum absolute atomic E-state index is 9.94. The molecule has 0 radical (unpaired) electrons. The highest BCUT2D eigenvalue weighted by atomic mass is 16.3. The molecule has 1 aromatic heterocycles. The van der Waals surface area contributed by atoms with Gasteiger partial charge in [0.25, 0.3) is 0 Å². The van der Waals surface area contributed by atoms with Gasteiger partial charge in [-0.2, -0.15) is 0 Å². The van der Waals surface area contributed by atoms with Gasteiger partial charge in [0.1, 0.15) is 5.75 Å². The lowest BCUT2D eigenvalue weighted by Gasteiger charge is -2.15. The first-order valence-corrected chi connectivity index (χ1v) is 6.57. The van der Waals surface area contributed by atoms with E-state index in [-0.39, 0.29) is 0 Å². The third kappa shape index (κ3) is 1.32. The van der Waals surface area contributed by atoms with E-state index in [0.717, 1.165) is 12.3 Å². The van der Waals surface area contributed by atoms with Gasteiger partial charge in [-0.15, -0.1) is 0 Å². The highest BCUT2D eigenvalue weighted by molar-refractivity contribution is 5.50. The summed E-state index contributed by atoms with van der Waals surface area (Å²) in [5.41, 5.74) is 3.94. The number of pyridine rings is 1. The molecule has 1 N–H and O–H groups in total. The van der Waals surface area contributed by atoms with Gasteiger partial charge in [0.05, 0.1) is 0 Å². The second kappa shape index (κ2) is 3.58. The molecule has 2 aromatic rings. The van der Waals surface area contributed by atoms with Crippen molar-refractivity contribution in [3.8, 4) is 5.75 Å². The number of benzene rings is 1. The molecule has 3 atom stereocenters. The standard InChI is InChI=1S/C16H15NO/c18-14-3-1-2-12-11(14)4-5-13-15(16(12)13)10-6-8-17-9-7-10/h1-3,6-9,13,15-16,18H,4-5H2/t13-,15?,16-/m1/s1. The van der Waals surface area contributed by atoms with Crippen LogP contribution < -0.4 is 0 Å². The van der Waals surface area contributed by atoms with Crippen LogP contribution >= 0.6 is 0 Å². The highest BCUT2D eigenvalue weighted by Gasteiger charge is 2.53. The molecule has 18 heavy (non-hydrogen) atoms. The van der Waals surface area contributed by atoms with E-state index in [1.807, 2.05) is 24.5 Å². The van der Waals surface area contributed by atoms with Crippen LogP contribution in [0, 0.1) is 5.92 Å². The van der Waals surface area contributed by atoms with Crippen LogP contribution in [0.15, 0.2) is 42.7 Å². The number of fused-ring (bicyclic) bond motifs is 3. The van der Waals surface area contributed by atoms with E-state index in [2.05, 4.69) is 23.2 Å². The van der Waals surface area contributed by atoms with E-state index in [1.54, 1.807) is 0 Å². The first-order chi connectivity index (χ1) is 8.86. The predicted molar refractivity (Wildman–Crippen MR) is 69.6 cm³/mol. The summed E-state index contributed by atoms with van der Waals surface area (Å²) in [4.78, 5) is 4.09. The third-order valence-electron chi connectivity index (χ3n) is 4.53. The lowest BCUT2D eigenvalue weighted by molar-refractivity contribution is 0.461. The third-order valence-corrected chi connectivity index (χ3v) is 4.53. The van der Waals surface area contributed by atoms with Crippen molar-refractivity contribution in [2.24, 2.45) is 5.92 Å². The fourth-order valence-corrected chi connectivity index (χ4v) is 3.68. The first kappa shape index (κ1) is 10.1. The smallest absolute Gasteiger partial charge is 0.119 e. The molecule has 90 valence electrons. The summed E-state index contributed by atoms with van der Waals surface area (Å²) in [5.74, 6) is 2.49. The normalized spacial score (nSPS) is 28.3. The Bertz CT molecular complexity index is 593. The molecule has 1 unspecified atom stereocenters. The van der Waals surface area contributed by atoms with Crippen LogP contribution in [0.5, 0.6) is 5.75 Å². The minimum atomic E-state index is 0.478. The van der Waals surface area contributed by atoms with E-state index in [4.69, 9.17) is 0 Å². The van der Waals surface area contributed by atoms with Crippen LogP contribution in [-0.2, 0) is 6.42 Å². The molecule has 2 aliphatic rings. The average molecular weight is 237 g/mol. The minimum absolute atomic E-state index is 0.478. The van der Waals surface area contributed by atoms with E-state index in [1.165, 1.54) is 23.1 Å². The number of hydrogen-bond acceptors (Lipinski definition) is 2. The maximum Gasteiger partial charge on any atom is 0.119 e. The summed E-state index contributed by atoms with van der Waals surface area (Å²) in [6, 6.07) is 10.2. The molecule has 1 heterocycles. The number of phenols is 1. The van der Waals surface area contributed by atoms with E-state index >= 15 is 0 Å². The van der Waals surface area contributed by atoms with E-state index < -0.39 is 0 Å². The maximum atomic E-state index is 9.94. The van der Waals surface area contributed by atoms with E-state index in [9.17, 15) is 5.11 Å². The number of aromatic hydroxyl groups is 1. The van der Waals surface area contributed by atoms with Gasteiger partial charge >= 0.3 is 0 Å². The van der Waals surface area contributed by atoms with E-state index in [0.29, 0.717) is 17.6 Å². The van der Waals surface area contributed by atoms with Crippen molar-refractivity contribution in [1.29, 1.82) is 0 Å². The fourth-order valence-electron chi connectivity index (χ4n) is 3.68. The Morgan fingerprint density at radius 1 is 1.06 bits per heavy atom. The molecule has 0 bridgehead atoms. The lowest BCUT2D eigenvalue weighted by atomic mass is 9.91. The molecule has 0 amide bonds. The largest absolute Gasteiger partial charge is 0.508 e. The Morgan fingerprint density at radius 2 is 1.89 bits per heavy atom. The molecule has 4 rings (SSSR count). The molecule has 0 saturated heterocycles. The van der Waals surface area contributed by atoms with Gasteiger partial charge in [-0.1, -0.05) is 12.1 Å². The van der Waals surface area contributed by atoms with Crippen molar-refractivity contribution in [2.75, 3.05) is 0 Å². The zero-order valence-electron chi connectivity index (χ0n) is 10.1. The Morgan fingerprint density at radius 3 is 2.72 bits per heavy atom. The van der Waals surface area contributed by atoms with Crippen molar-refractivity contribution in [2.45, 2.75) is 24.7 Å². The van der Waals surface area contributed by atoms with Gasteiger partial charge in [-0.25, -0.2) is 0 Å². The van der Waals surface area contributed by atoms with Gasteiger partial charge in [-0.3, -0.25) is 4.98 Å². The number of phenolic OH excluding ortho intramolecular Hbond substituents is 1. The summed E-state index contributed by atoms with van der Waals surface area (Å²) >= 11 is 0. The Hall–Kier alpha value is -1.83. The van der Waals surface area contributed by atoms with Crippen LogP contribution in [0.2, 0.25) is 0 Å². The topological polar surface area (TPSA) is 33.1 Å². The van der Waals surface area contributed by atoms with Crippen molar-refractivity contribution in [3.05, 3.63) is 59.4 Å². The lowest BCUT2D eigenvalue weighted by Crippen LogP contribution is -2.01. The average Bonchev–Trinajstić information content (AvgIpc) is 3.15. The molecule has 0 aliphatic heterocycles. The molecule has 2 heteroatoms. The van der Waals surface area contributed by atoms with Gasteiger partial charge in [0.2, 0.25) is 0 Å². The Labute approximate surface area is 106 Å². The quantitative estimate of drug-likeness (QED) is 0.826. The summed E-state index contributed by atoms with van der Waals surface area (Å²) < 4.78 is 0. The van der Waals surface area contributed by atoms with Gasteiger partial charge < -0.3 is 5.11 Å². The molecular weight excluding hydrogens is 222 g/mol. The summed E-state index contributed by atoms with van der Waals surface area (Å²) in [7, 11) is 0. The minimum Gasteiger partial charge on any atom is -0.508 e. The van der Waals surface area contributed by atoms with Gasteiger partial charge in [0.15, 0.2) is 0 Å². The highest BCUT2D eigenvalue weighted by Crippen LogP contribution is 2.65. The Balaban J connectivity index is 1.75. The number of nitrogens with zero attached hydrogens (tertiary/aromatic N) is 1. The van der Waals surface area contributed by atoms with Crippen LogP contribution in [0.1, 0.15) is 34.9 Å². The molecule has 0 spiro atoms. The molecule has 2 aliphatic carbocycles. The predicted octanol–water partition coefficient (Wildman–Crippen LogP) is 3.23. The van der Waals surface area contributed by atoms with Crippen molar-refractivity contribution in [1.82, 2.24) is 4.98 Å². The second-order valence-corrected chi connectivity index (χ2v) is 5.38. The summed E-state index contributed by atoms with van der Waals surface area (Å²) in [6.07, 6.45) is 5.97. The second-order valence-electron chi connectivity index (χ2n) is 5.38. The van der Waals surface area contributed by atoms with Crippen LogP contribution in [0.25, 0.3) is 0 Å². The zero-order valence-corrected chi connectivity index (χ0v) is 10.1. The van der Waals surface area contributed by atoms with Crippen LogP contribution in [0.3, 0.4) is 0 Å². The monoisotopic (exact) mass is 237 g/mol. The SMILES string of the molecule is Oc1cccc2c1CC[C@@H]1C(c3ccncc3)[C@H]21. The fraction of sp³-hybridized carbons (Fsp3) is 0.312. The van der Waals surface area contributed by atoms with Crippen molar-refractivity contribution in [3.63, 3.8) is 0 Å². The van der Waals surface area contributed by atoms with Crippen LogP contribution in [-0.4, -0.2) is 10.1 Å². The van der Waals surface area contributed by atoms with Crippen molar-refractivity contribution >= 4 is 0 Å². The van der Waals surface area contributed by atoms with Crippen LogP contribution in [0.4, 0.5) is 0 Å². The molecule has 1 aromatic carbocycles. The number of rotatable bonds is 1. The number of aromatic nitrogens is 1. The Kier molecular flexibility index (Phi) is 2.01. The molecule has 1 saturated carbocycles. The zero-order chi connectivity index (χ0) is 12.1. The van der Waals surface area contributed by atoms with Crippen molar-refractivity contribution < 1.29 is 5.11 Å². The summed E-state index contributed by atoms with van der Waals surface area (Å²) in [6.45, 7) is 0. The molecular formula is C16H15NO. The van der Waals surface area contributed by atoms with Gasteiger partial charge in [-0.05, 0) is 65.5 Å².